The molecule has 2 aromatic rings. The lowest BCUT2D eigenvalue weighted by atomic mass is 9.77. The highest BCUT2D eigenvalue weighted by Crippen LogP contribution is 2.38. The molecule has 0 aliphatic heterocycles. The number of benzene rings is 1. The Kier molecular flexibility index (Phi) is 4.54. The van der Waals surface area contributed by atoms with Gasteiger partial charge < -0.3 is 15.0 Å². The monoisotopic (exact) mass is 309 g/mol. The highest BCUT2D eigenvalue weighted by molar-refractivity contribution is 5.85. The Morgan fingerprint density at radius 2 is 2.14 bits per heavy atom. The number of nitrogens with zero attached hydrogens (tertiary/aromatic N) is 2. The normalized spacial score (nSPS) is 16.0. The van der Waals surface area contributed by atoms with Gasteiger partial charge in [0.25, 0.3) is 5.89 Å². The summed E-state index contributed by atoms with van der Waals surface area (Å²) < 4.78 is 10.9. The fourth-order valence-corrected chi connectivity index (χ4v) is 2.37. The number of halogens is 1. The summed E-state index contributed by atoms with van der Waals surface area (Å²) in [5.74, 6) is 1.95. The molecule has 5 nitrogen and oxygen atoms in total. The second-order valence-electron chi connectivity index (χ2n) is 5.35. The molecule has 0 amide bonds. The van der Waals surface area contributed by atoms with E-state index in [1.54, 1.807) is 0 Å². The zero-order valence-corrected chi connectivity index (χ0v) is 13.1. The van der Waals surface area contributed by atoms with Crippen molar-refractivity contribution >= 4 is 12.4 Å². The van der Waals surface area contributed by atoms with Crippen LogP contribution in [0.15, 0.2) is 22.7 Å². The van der Waals surface area contributed by atoms with Crippen molar-refractivity contribution in [1.29, 1.82) is 0 Å². The van der Waals surface area contributed by atoms with Crippen molar-refractivity contribution in [3.05, 3.63) is 29.6 Å². The number of nitrogens with two attached hydrogens (primary N) is 1. The van der Waals surface area contributed by atoms with Gasteiger partial charge in [-0.3, -0.25) is 0 Å². The third-order valence-corrected chi connectivity index (χ3v) is 3.85. The molecule has 0 bridgehead atoms. The molecule has 1 aromatic carbocycles. The van der Waals surface area contributed by atoms with Gasteiger partial charge in [0, 0.05) is 5.56 Å². The number of aromatic nitrogens is 2. The molecule has 114 valence electrons. The van der Waals surface area contributed by atoms with E-state index in [1.807, 2.05) is 32.0 Å². The molecular weight excluding hydrogens is 290 g/mol. The van der Waals surface area contributed by atoms with Crippen LogP contribution in [-0.2, 0) is 5.54 Å². The first-order valence-electron chi connectivity index (χ1n) is 6.99. The molecule has 6 heteroatoms. The second kappa shape index (κ2) is 6.03. The molecular formula is C15H20ClN3O2. The summed E-state index contributed by atoms with van der Waals surface area (Å²) >= 11 is 0. The number of ether oxygens (including phenoxy) is 1. The van der Waals surface area contributed by atoms with Gasteiger partial charge in [-0.25, -0.2) is 0 Å². The molecule has 0 radical (unpaired) electrons. The molecule has 1 aliphatic carbocycles. The number of hydrogen-bond acceptors (Lipinski definition) is 5. The topological polar surface area (TPSA) is 74.2 Å². The maximum atomic E-state index is 6.21. The van der Waals surface area contributed by atoms with Crippen molar-refractivity contribution in [1.82, 2.24) is 10.1 Å². The standard InChI is InChI=1S/C15H19N3O2.ClH/c1-3-19-12-9-11(6-5-10(12)2)13-17-14(18-20-13)15(16)7-4-8-15;/h5-6,9H,3-4,7-8,16H2,1-2H3;1H. The smallest absolute Gasteiger partial charge is 0.258 e. The van der Waals surface area contributed by atoms with E-state index in [-0.39, 0.29) is 12.4 Å². The Hall–Kier alpha value is -1.59. The quantitative estimate of drug-likeness (QED) is 0.938. The average molecular weight is 310 g/mol. The summed E-state index contributed by atoms with van der Waals surface area (Å²) in [6.07, 6.45) is 2.97. The molecule has 0 unspecified atom stereocenters. The Labute approximate surface area is 130 Å². The van der Waals surface area contributed by atoms with E-state index in [2.05, 4.69) is 10.1 Å². The lowest BCUT2D eigenvalue weighted by molar-refractivity contribution is 0.229. The highest BCUT2D eigenvalue weighted by Gasteiger charge is 2.39. The maximum Gasteiger partial charge on any atom is 0.258 e. The molecule has 1 saturated carbocycles. The predicted octanol–water partition coefficient (Wildman–Crippen LogP) is 3.20. The van der Waals surface area contributed by atoms with E-state index in [0.717, 1.165) is 36.1 Å². The van der Waals surface area contributed by atoms with Crippen molar-refractivity contribution in [2.24, 2.45) is 5.73 Å². The number of hydrogen-bond donors (Lipinski definition) is 1. The fourth-order valence-electron chi connectivity index (χ4n) is 2.37. The third kappa shape index (κ3) is 2.89. The average Bonchev–Trinajstić information content (AvgIpc) is 2.89. The van der Waals surface area contributed by atoms with E-state index in [1.165, 1.54) is 0 Å². The Morgan fingerprint density at radius 1 is 1.38 bits per heavy atom. The Balaban J connectivity index is 0.00000161. The first-order valence-corrected chi connectivity index (χ1v) is 6.99. The maximum absolute atomic E-state index is 6.21. The summed E-state index contributed by atoms with van der Waals surface area (Å²) in [5, 5.41) is 4.03. The van der Waals surface area contributed by atoms with Crippen molar-refractivity contribution in [3.63, 3.8) is 0 Å². The molecule has 1 heterocycles. The van der Waals surface area contributed by atoms with E-state index in [4.69, 9.17) is 15.0 Å². The minimum Gasteiger partial charge on any atom is -0.494 e. The summed E-state index contributed by atoms with van der Waals surface area (Å²) in [6.45, 7) is 4.61. The summed E-state index contributed by atoms with van der Waals surface area (Å²) in [4.78, 5) is 4.45. The van der Waals surface area contributed by atoms with E-state index < -0.39 is 5.54 Å². The van der Waals surface area contributed by atoms with Crippen molar-refractivity contribution in [2.45, 2.75) is 38.6 Å². The number of aryl methyl sites for hydroxylation is 1. The molecule has 0 atom stereocenters. The minimum absolute atomic E-state index is 0. The van der Waals surface area contributed by atoms with Crippen LogP contribution in [-0.4, -0.2) is 16.7 Å². The molecule has 21 heavy (non-hydrogen) atoms. The minimum atomic E-state index is -0.394. The fraction of sp³-hybridized carbons (Fsp3) is 0.467. The predicted molar refractivity (Wildman–Crippen MR) is 82.6 cm³/mol. The van der Waals surface area contributed by atoms with E-state index >= 15 is 0 Å². The molecule has 2 N–H and O–H groups in total. The van der Waals surface area contributed by atoms with Crippen molar-refractivity contribution in [2.75, 3.05) is 6.61 Å². The van der Waals surface area contributed by atoms with E-state index in [0.29, 0.717) is 18.3 Å². The van der Waals surface area contributed by atoms with Crippen LogP contribution in [0.1, 0.15) is 37.6 Å². The summed E-state index contributed by atoms with van der Waals surface area (Å²) in [7, 11) is 0. The lowest BCUT2D eigenvalue weighted by Crippen LogP contribution is -2.44. The van der Waals surface area contributed by atoms with Crippen LogP contribution >= 0.6 is 12.4 Å². The van der Waals surface area contributed by atoms with Crippen LogP contribution in [0.2, 0.25) is 0 Å². The Bertz CT molecular complexity index is 623. The van der Waals surface area contributed by atoms with Crippen LogP contribution in [0.25, 0.3) is 11.5 Å². The van der Waals surface area contributed by atoms with Crippen molar-refractivity contribution in [3.8, 4) is 17.2 Å². The van der Waals surface area contributed by atoms with Crippen LogP contribution < -0.4 is 10.5 Å². The summed E-state index contributed by atoms with van der Waals surface area (Å²) in [6, 6.07) is 5.88. The van der Waals surface area contributed by atoms with Gasteiger partial charge in [-0.2, -0.15) is 4.98 Å². The van der Waals surface area contributed by atoms with Crippen LogP contribution in [0, 0.1) is 6.92 Å². The molecule has 1 aromatic heterocycles. The lowest BCUT2D eigenvalue weighted by Gasteiger charge is -2.34. The SMILES string of the molecule is CCOc1cc(-c2nc(C3(N)CCC3)no2)ccc1C.Cl. The van der Waals surface area contributed by atoms with Crippen molar-refractivity contribution < 1.29 is 9.26 Å². The van der Waals surface area contributed by atoms with Gasteiger partial charge in [0.1, 0.15) is 5.75 Å². The second-order valence-corrected chi connectivity index (χ2v) is 5.35. The molecule has 3 rings (SSSR count). The van der Waals surface area contributed by atoms with Gasteiger partial charge in [-0.05, 0) is 50.8 Å². The van der Waals surface area contributed by atoms with Crippen LogP contribution in [0.5, 0.6) is 5.75 Å². The molecule has 0 saturated heterocycles. The van der Waals surface area contributed by atoms with Gasteiger partial charge in [-0.1, -0.05) is 11.2 Å². The third-order valence-electron chi connectivity index (χ3n) is 3.85. The number of rotatable bonds is 4. The van der Waals surface area contributed by atoms with Crippen LogP contribution in [0.4, 0.5) is 0 Å². The molecule has 1 fully saturated rings. The molecule has 0 spiro atoms. The van der Waals surface area contributed by atoms with Gasteiger partial charge in [0.15, 0.2) is 5.82 Å². The van der Waals surface area contributed by atoms with Gasteiger partial charge >= 0.3 is 0 Å². The van der Waals surface area contributed by atoms with E-state index in [9.17, 15) is 0 Å². The van der Waals surface area contributed by atoms with Crippen LogP contribution in [0.3, 0.4) is 0 Å². The van der Waals surface area contributed by atoms with Gasteiger partial charge in [0.05, 0.1) is 12.1 Å². The van der Waals surface area contributed by atoms with Gasteiger partial charge in [0.2, 0.25) is 0 Å². The first-order chi connectivity index (χ1) is 9.62. The zero-order valence-electron chi connectivity index (χ0n) is 12.3. The first kappa shape index (κ1) is 15.8. The molecule has 1 aliphatic rings. The summed E-state index contributed by atoms with van der Waals surface area (Å²) in [5.41, 5.74) is 7.76. The van der Waals surface area contributed by atoms with Gasteiger partial charge in [-0.15, -0.1) is 12.4 Å². The highest BCUT2D eigenvalue weighted by atomic mass is 35.5. The zero-order chi connectivity index (χ0) is 14.2. The largest absolute Gasteiger partial charge is 0.494 e. The Morgan fingerprint density at radius 3 is 2.76 bits per heavy atom.